The van der Waals surface area contributed by atoms with Gasteiger partial charge in [-0.25, -0.2) is 14.4 Å². The first kappa shape index (κ1) is 50.2. The number of carbonyl (C=O) groups excluding carboxylic acids is 5. The van der Waals surface area contributed by atoms with Gasteiger partial charge in [-0.1, -0.05) is 49.7 Å². The summed E-state index contributed by atoms with van der Waals surface area (Å²) in [5.41, 5.74) is 5.95. The highest BCUT2D eigenvalue weighted by Crippen LogP contribution is 2.53. The highest BCUT2D eigenvalue weighted by Gasteiger charge is 2.56. The lowest BCUT2D eigenvalue weighted by molar-refractivity contribution is -0.150. The predicted molar refractivity (Wildman–Crippen MR) is 291 cm³/mol. The van der Waals surface area contributed by atoms with Gasteiger partial charge in [-0.15, -0.1) is 0 Å². The Kier molecular flexibility index (Phi) is 13.2. The number of imide groups is 1. The van der Waals surface area contributed by atoms with Crippen molar-refractivity contribution in [2.75, 3.05) is 67.5 Å². The number of para-hydroxylation sites is 1. The molecule has 2 N–H and O–H groups in total. The number of rotatable bonds is 10. The van der Waals surface area contributed by atoms with Crippen molar-refractivity contribution in [2.45, 2.75) is 134 Å². The Balaban J connectivity index is 0.722. The molecule has 398 valence electrons. The van der Waals surface area contributed by atoms with Gasteiger partial charge < -0.3 is 34.4 Å². The SMILES string of the molecule is CC(C)n1cnc2cc(-c3ccc4c(c3)N(C3CC(N5CCCCC5)C3)C(=O)C43CCN(C(=O)C4(C)CCN(C(=O)C5CCN(c6ccc([C@H]7CCC(=O)NC7=O)cc6)CC5)CC4)CC3)nc(Nc3ccccc3F)c21. The minimum absolute atomic E-state index is 0.0649. The number of pyridine rings is 1. The molecule has 8 heterocycles. The summed E-state index contributed by atoms with van der Waals surface area (Å²) in [6.07, 6.45) is 12.1. The van der Waals surface area contributed by atoms with E-state index in [0.29, 0.717) is 87.9 Å². The Hall–Kier alpha value is -6.68. The first-order chi connectivity index (χ1) is 36.8. The summed E-state index contributed by atoms with van der Waals surface area (Å²) in [5, 5.41) is 5.74. The molecule has 1 saturated carbocycles. The van der Waals surface area contributed by atoms with Gasteiger partial charge >= 0.3 is 0 Å². The maximum absolute atomic E-state index is 15.4. The van der Waals surface area contributed by atoms with Crippen LogP contribution in [0.2, 0.25) is 0 Å². The predicted octanol–water partition coefficient (Wildman–Crippen LogP) is 8.85. The topological polar surface area (TPSA) is 156 Å². The number of carbonyl (C=O) groups is 5. The van der Waals surface area contributed by atoms with Gasteiger partial charge in [-0.2, -0.15) is 0 Å². The maximum atomic E-state index is 15.4. The number of nitrogens with one attached hydrogen (secondary N) is 2. The van der Waals surface area contributed by atoms with Crippen LogP contribution in [0.4, 0.5) is 27.3 Å². The minimum Gasteiger partial charge on any atom is -0.371 e. The van der Waals surface area contributed by atoms with Gasteiger partial charge in [-0.05, 0) is 145 Å². The van der Waals surface area contributed by atoms with Crippen LogP contribution < -0.4 is 20.4 Å². The van der Waals surface area contributed by atoms with Crippen LogP contribution >= 0.6 is 0 Å². The number of amides is 5. The van der Waals surface area contributed by atoms with E-state index in [2.05, 4.69) is 64.3 Å². The quantitative estimate of drug-likeness (QED) is 0.130. The van der Waals surface area contributed by atoms with Crippen molar-refractivity contribution in [1.82, 2.24) is 34.6 Å². The van der Waals surface area contributed by atoms with E-state index in [4.69, 9.17) is 9.97 Å². The van der Waals surface area contributed by atoms with Crippen LogP contribution in [0.1, 0.15) is 127 Å². The molecule has 5 saturated heterocycles. The molecule has 76 heavy (non-hydrogen) atoms. The molecule has 16 heteroatoms. The molecule has 3 aromatic carbocycles. The second-order valence-corrected chi connectivity index (χ2v) is 23.5. The molecule has 6 aliphatic heterocycles. The number of imidazole rings is 1. The summed E-state index contributed by atoms with van der Waals surface area (Å²) in [7, 11) is 0. The molecule has 12 rings (SSSR count). The highest BCUT2D eigenvalue weighted by molar-refractivity contribution is 6.10. The standard InChI is InChI=1S/C60H71FN10O5/c1-38(2)70-37-62-50-36-49(64-54(53(50)70)63-48-10-6-5-9-47(48)61)41-13-17-46-51(33-41)71(44-34-43(35-44)66-25-7-4-8-26-66)58(76)60(46)23-31-69(32-24-60)57(75)59(3)21-29-68(30-22-59)56(74)40-19-27-67(28-20-40)42-14-11-39(12-15-42)45-16-18-52(72)65-55(45)73/h5-6,9-15,17,33,36-38,40,43-45H,4,7-8,16,18-32,34-35H2,1-3H3,(H,63,64)(H,65,72,73)/t43?,44?,45-/m1/s1. The molecule has 0 bridgehead atoms. The molecule has 15 nitrogen and oxygen atoms in total. The molecule has 1 aliphatic carbocycles. The number of likely N-dealkylation sites (tertiary alicyclic amines) is 3. The average molecular weight is 1030 g/mol. The van der Waals surface area contributed by atoms with E-state index in [1.54, 1.807) is 24.5 Å². The summed E-state index contributed by atoms with van der Waals surface area (Å²) in [6, 6.07) is 23.6. The van der Waals surface area contributed by atoms with Crippen LogP contribution in [0, 0.1) is 17.2 Å². The van der Waals surface area contributed by atoms with Gasteiger partial charge in [0.25, 0.3) is 0 Å². The third-order valence-electron chi connectivity index (χ3n) is 18.6. The Bertz CT molecular complexity index is 3070. The monoisotopic (exact) mass is 1030 g/mol. The molecule has 1 spiro atoms. The van der Waals surface area contributed by atoms with Gasteiger partial charge in [0.05, 0.1) is 34.6 Å². The van der Waals surface area contributed by atoms with Crippen LogP contribution in [-0.2, 0) is 29.4 Å². The van der Waals surface area contributed by atoms with Crippen molar-refractivity contribution in [3.8, 4) is 11.3 Å². The lowest BCUT2D eigenvalue weighted by Gasteiger charge is -2.48. The molecule has 7 aliphatic rings. The molecular weight excluding hydrogens is 960 g/mol. The van der Waals surface area contributed by atoms with E-state index in [1.807, 2.05) is 44.7 Å². The minimum atomic E-state index is -0.753. The fourth-order valence-corrected chi connectivity index (χ4v) is 13.8. The number of nitrogens with zero attached hydrogens (tertiary/aromatic N) is 8. The van der Waals surface area contributed by atoms with Crippen molar-refractivity contribution in [3.05, 3.63) is 96.1 Å². The van der Waals surface area contributed by atoms with E-state index in [-0.39, 0.29) is 59.3 Å². The third kappa shape index (κ3) is 9.01. The maximum Gasteiger partial charge on any atom is 0.238 e. The fraction of sp³-hybridized carbons (Fsp3) is 0.517. The zero-order valence-electron chi connectivity index (χ0n) is 44.2. The summed E-state index contributed by atoms with van der Waals surface area (Å²) >= 11 is 0. The van der Waals surface area contributed by atoms with Gasteiger partial charge in [0.2, 0.25) is 29.5 Å². The van der Waals surface area contributed by atoms with Gasteiger partial charge in [-0.3, -0.25) is 29.3 Å². The number of fused-ring (bicyclic) bond motifs is 3. The van der Waals surface area contributed by atoms with Crippen molar-refractivity contribution >= 4 is 63.4 Å². The molecule has 0 radical (unpaired) electrons. The number of aromatic nitrogens is 3. The Morgan fingerprint density at radius 2 is 1.50 bits per heavy atom. The van der Waals surface area contributed by atoms with Crippen LogP contribution in [0.25, 0.3) is 22.3 Å². The molecule has 5 aromatic rings. The third-order valence-corrected chi connectivity index (χ3v) is 18.6. The molecule has 0 unspecified atom stereocenters. The number of piperidine rings is 5. The lowest BCUT2D eigenvalue weighted by Crippen LogP contribution is -2.59. The molecule has 6 fully saturated rings. The van der Waals surface area contributed by atoms with Crippen molar-refractivity contribution < 1.29 is 28.4 Å². The Labute approximate surface area is 444 Å². The number of anilines is 4. The van der Waals surface area contributed by atoms with Gasteiger partial charge in [0.1, 0.15) is 11.3 Å². The van der Waals surface area contributed by atoms with Crippen molar-refractivity contribution in [1.29, 1.82) is 0 Å². The lowest BCUT2D eigenvalue weighted by atomic mass is 9.72. The highest BCUT2D eigenvalue weighted by atomic mass is 19.1. The first-order valence-electron chi connectivity index (χ1n) is 28.2. The summed E-state index contributed by atoms with van der Waals surface area (Å²) in [4.78, 5) is 89.0. The van der Waals surface area contributed by atoms with E-state index in [0.717, 1.165) is 91.0 Å². The van der Waals surface area contributed by atoms with Crippen LogP contribution in [-0.4, -0.2) is 123 Å². The fourth-order valence-electron chi connectivity index (χ4n) is 13.8. The van der Waals surface area contributed by atoms with E-state index in [9.17, 15) is 19.2 Å². The van der Waals surface area contributed by atoms with Crippen LogP contribution in [0.15, 0.2) is 79.1 Å². The largest absolute Gasteiger partial charge is 0.371 e. The average Bonchev–Trinajstić information content (AvgIpc) is 4.18. The Morgan fingerprint density at radius 3 is 2.20 bits per heavy atom. The number of benzene rings is 3. The molecule has 2 aromatic heterocycles. The number of hydrogen-bond donors (Lipinski definition) is 2. The normalized spacial score (nSPS) is 24.0. The summed E-state index contributed by atoms with van der Waals surface area (Å²) in [6.45, 7) is 12.0. The van der Waals surface area contributed by atoms with Crippen LogP contribution in [0.5, 0.6) is 0 Å². The van der Waals surface area contributed by atoms with E-state index < -0.39 is 10.8 Å². The second-order valence-electron chi connectivity index (χ2n) is 23.5. The van der Waals surface area contributed by atoms with E-state index >= 15 is 9.18 Å². The van der Waals surface area contributed by atoms with Crippen molar-refractivity contribution in [3.63, 3.8) is 0 Å². The number of halogens is 1. The van der Waals surface area contributed by atoms with Crippen molar-refractivity contribution in [2.24, 2.45) is 11.3 Å². The summed E-state index contributed by atoms with van der Waals surface area (Å²) < 4.78 is 17.2. The molecule has 5 amide bonds. The zero-order valence-corrected chi connectivity index (χ0v) is 44.2. The van der Waals surface area contributed by atoms with E-state index in [1.165, 1.54) is 25.3 Å². The molecule has 1 atom stereocenters. The van der Waals surface area contributed by atoms with Crippen LogP contribution in [0.3, 0.4) is 0 Å². The second kappa shape index (κ2) is 20.0. The van der Waals surface area contributed by atoms with Gasteiger partial charge in [0.15, 0.2) is 5.82 Å². The summed E-state index contributed by atoms with van der Waals surface area (Å²) in [5.74, 6) is -0.263. The smallest absolute Gasteiger partial charge is 0.238 e. The Morgan fingerprint density at radius 1 is 0.789 bits per heavy atom. The van der Waals surface area contributed by atoms with Gasteiger partial charge in [0, 0.05) is 92.1 Å². The first-order valence-corrected chi connectivity index (χ1v) is 28.2. The zero-order chi connectivity index (χ0) is 52.5. The molecular formula is C60H71FN10O5. The number of hydrogen-bond acceptors (Lipinski definition) is 10.